The van der Waals surface area contributed by atoms with Crippen LogP contribution in [0, 0.1) is 27.6 Å². The molecule has 9 heteroatoms. The third-order valence-electron chi connectivity index (χ3n) is 9.29. The number of nitrogens with one attached hydrogen (secondary N) is 1. The summed E-state index contributed by atoms with van der Waals surface area (Å²) in [5, 5.41) is 22.6. The highest BCUT2D eigenvalue weighted by Crippen LogP contribution is 2.55. The first-order valence-corrected chi connectivity index (χ1v) is 14.3. The lowest BCUT2D eigenvalue weighted by atomic mass is 9.49. The van der Waals surface area contributed by atoms with Crippen LogP contribution in [-0.2, 0) is 0 Å². The zero-order valence-corrected chi connectivity index (χ0v) is 24.0. The molecule has 1 spiro atoms. The van der Waals surface area contributed by atoms with Crippen LogP contribution in [0.3, 0.4) is 0 Å². The molecule has 3 fully saturated rings. The minimum absolute atomic E-state index is 0.139. The van der Waals surface area contributed by atoms with E-state index >= 15 is 0 Å². The topological polar surface area (TPSA) is 111 Å². The monoisotopic (exact) mass is 551 g/mol. The van der Waals surface area contributed by atoms with E-state index in [1.807, 2.05) is 0 Å². The third-order valence-corrected chi connectivity index (χ3v) is 9.60. The number of nitriles is 1. The standard InChI is InChI=1S/C30H38ClN5O3/c1-28(2)25(29(3,4)26(28)39-22-7-6-19(15-32)23(31)14-22)35-24(38)20-16-33-27(34-17-20)36-13-5-10-30(18-36)11-8-21(37)9-12-30/h6-7,14,16-17,21,25-26,37H,5,8-13,18H2,1-4H3,(H,35,38). The number of piperidine rings is 1. The fourth-order valence-corrected chi connectivity index (χ4v) is 7.63. The van der Waals surface area contributed by atoms with Crippen molar-refractivity contribution in [2.45, 2.75) is 84.5 Å². The van der Waals surface area contributed by atoms with Crippen molar-refractivity contribution in [3.63, 3.8) is 0 Å². The maximum Gasteiger partial charge on any atom is 0.254 e. The van der Waals surface area contributed by atoms with Crippen molar-refractivity contribution < 1.29 is 14.6 Å². The molecule has 0 bridgehead atoms. The van der Waals surface area contributed by atoms with Crippen LogP contribution in [0.2, 0.25) is 5.02 Å². The van der Waals surface area contributed by atoms with Crippen LogP contribution in [-0.4, -0.2) is 52.3 Å². The Labute approximate surface area is 235 Å². The molecule has 1 amide bonds. The number of halogens is 1. The quantitative estimate of drug-likeness (QED) is 0.529. The molecular weight excluding hydrogens is 514 g/mol. The Morgan fingerprint density at radius 1 is 1.15 bits per heavy atom. The minimum atomic E-state index is -0.351. The molecule has 1 saturated heterocycles. The first-order valence-electron chi connectivity index (χ1n) is 13.9. The summed E-state index contributed by atoms with van der Waals surface area (Å²) < 4.78 is 6.33. The van der Waals surface area contributed by atoms with E-state index in [0.717, 1.165) is 45.2 Å². The molecule has 1 aromatic heterocycles. The van der Waals surface area contributed by atoms with E-state index in [1.165, 1.54) is 6.42 Å². The Morgan fingerprint density at radius 3 is 2.44 bits per heavy atom. The SMILES string of the molecule is CC1(C)C(NC(=O)c2cnc(N3CCCC4(CCC(O)CC4)C3)nc2)C(C)(C)C1Oc1ccc(C#N)c(Cl)c1. The van der Waals surface area contributed by atoms with Gasteiger partial charge in [-0.15, -0.1) is 0 Å². The second kappa shape index (κ2) is 10.3. The van der Waals surface area contributed by atoms with Crippen molar-refractivity contribution in [1.82, 2.24) is 15.3 Å². The van der Waals surface area contributed by atoms with Crippen molar-refractivity contribution in [2.24, 2.45) is 16.2 Å². The maximum absolute atomic E-state index is 13.2. The van der Waals surface area contributed by atoms with Crippen molar-refractivity contribution in [3.8, 4) is 11.8 Å². The van der Waals surface area contributed by atoms with E-state index in [0.29, 0.717) is 27.8 Å². The van der Waals surface area contributed by atoms with Gasteiger partial charge in [-0.1, -0.05) is 39.3 Å². The van der Waals surface area contributed by atoms with Gasteiger partial charge in [0.1, 0.15) is 17.9 Å². The van der Waals surface area contributed by atoms with E-state index in [1.54, 1.807) is 30.6 Å². The van der Waals surface area contributed by atoms with Crippen molar-refractivity contribution in [2.75, 3.05) is 18.0 Å². The maximum atomic E-state index is 13.2. The smallest absolute Gasteiger partial charge is 0.254 e. The highest BCUT2D eigenvalue weighted by molar-refractivity contribution is 6.31. The Bertz CT molecular complexity index is 1250. The van der Waals surface area contributed by atoms with Gasteiger partial charge in [0.25, 0.3) is 5.91 Å². The van der Waals surface area contributed by atoms with Gasteiger partial charge in [-0.05, 0) is 56.1 Å². The molecule has 3 aliphatic rings. The summed E-state index contributed by atoms with van der Waals surface area (Å²) in [6.07, 6.45) is 9.00. The minimum Gasteiger partial charge on any atom is -0.489 e. The molecule has 0 radical (unpaired) electrons. The molecule has 2 heterocycles. The average Bonchev–Trinajstić information content (AvgIpc) is 2.92. The third kappa shape index (κ3) is 5.19. The number of ether oxygens (including phenoxy) is 1. The molecule has 1 aromatic carbocycles. The summed E-state index contributed by atoms with van der Waals surface area (Å²) in [7, 11) is 0. The number of hydrogen-bond donors (Lipinski definition) is 2. The normalized spacial score (nSPS) is 25.4. The van der Waals surface area contributed by atoms with Crippen LogP contribution in [0.4, 0.5) is 5.95 Å². The van der Waals surface area contributed by atoms with E-state index in [-0.39, 0.29) is 40.4 Å². The second-order valence-corrected chi connectivity index (χ2v) is 13.2. The molecule has 1 aliphatic heterocycles. The van der Waals surface area contributed by atoms with Gasteiger partial charge in [-0.25, -0.2) is 9.97 Å². The van der Waals surface area contributed by atoms with Crippen LogP contribution in [0.25, 0.3) is 0 Å². The number of hydrogen-bond acceptors (Lipinski definition) is 7. The molecule has 2 aliphatic carbocycles. The summed E-state index contributed by atoms with van der Waals surface area (Å²) in [6.45, 7) is 10.1. The molecule has 8 nitrogen and oxygen atoms in total. The Morgan fingerprint density at radius 2 is 1.82 bits per heavy atom. The number of carbonyl (C=O) groups is 1. The molecule has 208 valence electrons. The number of aliphatic hydroxyl groups excluding tert-OH is 1. The number of amides is 1. The lowest BCUT2D eigenvalue weighted by Gasteiger charge is -2.63. The Hall–Kier alpha value is -2.89. The highest BCUT2D eigenvalue weighted by atomic mass is 35.5. The number of rotatable bonds is 5. The number of benzene rings is 1. The average molecular weight is 552 g/mol. The zero-order valence-electron chi connectivity index (χ0n) is 23.2. The molecular formula is C30H38ClN5O3. The molecule has 0 unspecified atom stereocenters. The van der Waals surface area contributed by atoms with Crippen LogP contribution in [0.5, 0.6) is 5.75 Å². The van der Waals surface area contributed by atoms with E-state index in [2.05, 4.69) is 53.9 Å². The van der Waals surface area contributed by atoms with E-state index < -0.39 is 0 Å². The Balaban J connectivity index is 1.22. The zero-order chi connectivity index (χ0) is 28.0. The van der Waals surface area contributed by atoms with Crippen molar-refractivity contribution in [3.05, 3.63) is 46.7 Å². The summed E-state index contributed by atoms with van der Waals surface area (Å²) in [5.41, 5.74) is 0.371. The van der Waals surface area contributed by atoms with Crippen LogP contribution in [0.1, 0.15) is 82.1 Å². The lowest BCUT2D eigenvalue weighted by Crippen LogP contribution is -2.74. The van der Waals surface area contributed by atoms with Crippen LogP contribution >= 0.6 is 11.6 Å². The molecule has 2 aromatic rings. The number of aliphatic hydroxyl groups is 1. The summed E-state index contributed by atoms with van der Waals surface area (Å²) in [6, 6.07) is 7.00. The van der Waals surface area contributed by atoms with Gasteiger partial charge in [0, 0.05) is 48.4 Å². The molecule has 0 atom stereocenters. The number of aromatic nitrogens is 2. The summed E-state index contributed by atoms with van der Waals surface area (Å²) >= 11 is 6.20. The van der Waals surface area contributed by atoms with Gasteiger partial charge in [0.15, 0.2) is 0 Å². The van der Waals surface area contributed by atoms with Crippen molar-refractivity contribution >= 4 is 23.5 Å². The molecule has 2 N–H and O–H groups in total. The number of anilines is 1. The van der Waals surface area contributed by atoms with Crippen molar-refractivity contribution in [1.29, 1.82) is 5.26 Å². The van der Waals surface area contributed by atoms with Gasteiger partial charge in [0.05, 0.1) is 22.3 Å². The summed E-state index contributed by atoms with van der Waals surface area (Å²) in [5.74, 6) is 1.06. The van der Waals surface area contributed by atoms with Crippen LogP contribution < -0.4 is 15.0 Å². The first kappa shape index (κ1) is 27.7. The first-order chi connectivity index (χ1) is 18.4. The second-order valence-electron chi connectivity index (χ2n) is 12.8. The fourth-order valence-electron chi connectivity index (χ4n) is 7.41. The van der Waals surface area contributed by atoms with Gasteiger partial charge >= 0.3 is 0 Å². The molecule has 2 saturated carbocycles. The fraction of sp³-hybridized carbons (Fsp3) is 0.600. The van der Waals surface area contributed by atoms with Crippen LogP contribution in [0.15, 0.2) is 30.6 Å². The highest BCUT2D eigenvalue weighted by Gasteiger charge is 2.64. The van der Waals surface area contributed by atoms with Gasteiger partial charge in [0.2, 0.25) is 5.95 Å². The molecule has 5 rings (SSSR count). The Kier molecular flexibility index (Phi) is 7.28. The van der Waals surface area contributed by atoms with Gasteiger partial charge in [-0.3, -0.25) is 4.79 Å². The van der Waals surface area contributed by atoms with E-state index in [9.17, 15) is 9.90 Å². The van der Waals surface area contributed by atoms with Gasteiger partial charge in [-0.2, -0.15) is 5.26 Å². The van der Waals surface area contributed by atoms with Gasteiger partial charge < -0.3 is 20.1 Å². The largest absolute Gasteiger partial charge is 0.489 e. The number of nitrogens with zero attached hydrogens (tertiary/aromatic N) is 4. The van der Waals surface area contributed by atoms with E-state index in [4.69, 9.17) is 21.6 Å². The lowest BCUT2D eigenvalue weighted by molar-refractivity contribution is -0.164. The number of carbonyl (C=O) groups excluding carboxylic acids is 1. The predicted molar refractivity (Wildman–Crippen MR) is 150 cm³/mol. The molecule has 39 heavy (non-hydrogen) atoms. The predicted octanol–water partition coefficient (Wildman–Crippen LogP) is 5.14. The summed E-state index contributed by atoms with van der Waals surface area (Å²) in [4.78, 5) is 24.6.